The maximum atomic E-state index is 12.6. The Hall–Kier alpha value is -2.80. The normalized spacial score (nSPS) is 11.4. The second-order valence-corrected chi connectivity index (χ2v) is 7.08. The Kier molecular flexibility index (Phi) is 5.74. The van der Waals surface area contributed by atoms with Crippen molar-refractivity contribution >= 4 is 34.1 Å². The van der Waals surface area contributed by atoms with Gasteiger partial charge in [0.15, 0.2) is 5.13 Å². The van der Waals surface area contributed by atoms with Gasteiger partial charge in [-0.15, -0.1) is 21.5 Å². The predicted octanol–water partition coefficient (Wildman–Crippen LogP) is 2.87. The molecule has 0 aliphatic heterocycles. The fourth-order valence-corrected chi connectivity index (χ4v) is 3.47. The summed E-state index contributed by atoms with van der Waals surface area (Å²) in [7, 11) is 1.57. The molecule has 3 N–H and O–H groups in total. The molecule has 0 saturated heterocycles. The fourth-order valence-electron chi connectivity index (χ4n) is 2.08. The molecule has 3 aromatic rings. The monoisotopic (exact) mass is 430 g/mol. The van der Waals surface area contributed by atoms with Crippen LogP contribution in [0, 0.1) is 0 Å². The van der Waals surface area contributed by atoms with Crippen LogP contribution in [0.1, 0.15) is 5.82 Å². The zero-order valence-corrected chi connectivity index (χ0v) is 15.9. The summed E-state index contributed by atoms with van der Waals surface area (Å²) >= 11 is 1.96. The minimum atomic E-state index is -4.72. The van der Waals surface area contributed by atoms with E-state index in [0.717, 1.165) is 17.3 Å². The number of amides is 1. The third-order valence-electron chi connectivity index (χ3n) is 3.39. The molecule has 13 heteroatoms. The maximum absolute atomic E-state index is 12.6. The topological polar surface area (TPSA) is 108 Å². The molecule has 8 nitrogen and oxygen atoms in total. The molecule has 0 aliphatic rings. The highest BCUT2D eigenvalue weighted by Gasteiger charge is 2.38. The molecule has 28 heavy (non-hydrogen) atoms. The zero-order valence-electron chi connectivity index (χ0n) is 14.2. The van der Waals surface area contributed by atoms with E-state index in [4.69, 9.17) is 10.6 Å². The number of thiazole rings is 1. The molecule has 0 unspecified atom stereocenters. The molecule has 1 amide bonds. The van der Waals surface area contributed by atoms with Crippen LogP contribution in [0.3, 0.4) is 0 Å². The second-order valence-electron chi connectivity index (χ2n) is 5.28. The fraction of sp³-hybridized carbons (Fsp3) is 0.200. The minimum absolute atomic E-state index is 0.204. The largest absolute Gasteiger partial charge is 0.497 e. The van der Waals surface area contributed by atoms with Crippen molar-refractivity contribution in [2.24, 2.45) is 0 Å². The number of aromatic nitrogens is 4. The summed E-state index contributed by atoms with van der Waals surface area (Å²) in [6.45, 7) is 0. The van der Waals surface area contributed by atoms with Gasteiger partial charge in [0.25, 0.3) is 5.82 Å². The molecule has 2 heterocycles. The molecular formula is C15H13F3N6O2S2. The molecule has 1 aromatic carbocycles. The molecule has 0 saturated carbocycles. The average Bonchev–Trinajstić information content (AvgIpc) is 3.26. The van der Waals surface area contributed by atoms with Crippen molar-refractivity contribution in [3.8, 4) is 17.0 Å². The van der Waals surface area contributed by atoms with E-state index in [0.29, 0.717) is 21.3 Å². The number of benzene rings is 1. The van der Waals surface area contributed by atoms with Crippen LogP contribution in [-0.4, -0.2) is 38.6 Å². The summed E-state index contributed by atoms with van der Waals surface area (Å²) in [6.07, 6.45) is -4.72. The number of nitrogen functional groups attached to an aromatic ring is 1. The van der Waals surface area contributed by atoms with Crippen LogP contribution >= 0.6 is 23.1 Å². The Labute approximate surface area is 164 Å². The Bertz CT molecular complexity index is 971. The summed E-state index contributed by atoms with van der Waals surface area (Å²) in [6, 6.07) is 7.26. The number of methoxy groups -OCH3 is 1. The van der Waals surface area contributed by atoms with Crippen LogP contribution in [0.4, 0.5) is 18.3 Å². The van der Waals surface area contributed by atoms with Crippen LogP contribution in [0.5, 0.6) is 5.75 Å². The highest BCUT2D eigenvalue weighted by molar-refractivity contribution is 7.99. The molecule has 0 spiro atoms. The van der Waals surface area contributed by atoms with Crippen molar-refractivity contribution in [1.82, 2.24) is 19.9 Å². The average molecular weight is 430 g/mol. The molecule has 148 valence electrons. The molecule has 0 radical (unpaired) electrons. The zero-order chi connectivity index (χ0) is 20.3. The molecule has 0 aliphatic carbocycles. The molecule has 0 bridgehead atoms. The number of alkyl halides is 3. The van der Waals surface area contributed by atoms with Gasteiger partial charge in [0, 0.05) is 10.9 Å². The number of carbonyl (C=O) groups excluding carboxylic acids is 1. The Morgan fingerprint density at radius 1 is 1.32 bits per heavy atom. The highest BCUT2D eigenvalue weighted by atomic mass is 32.2. The van der Waals surface area contributed by atoms with Crippen LogP contribution in [-0.2, 0) is 11.0 Å². The van der Waals surface area contributed by atoms with Crippen molar-refractivity contribution < 1.29 is 22.7 Å². The predicted molar refractivity (Wildman–Crippen MR) is 98.6 cm³/mol. The van der Waals surface area contributed by atoms with E-state index in [2.05, 4.69) is 20.5 Å². The second kappa shape index (κ2) is 8.06. The quantitative estimate of drug-likeness (QED) is 0.457. The number of anilines is 1. The first kappa shape index (κ1) is 19.9. The summed E-state index contributed by atoms with van der Waals surface area (Å²) in [5, 5.41) is 10.8. The SMILES string of the molecule is COc1ccc(-c2csc(NC(=O)CSc3nnc(C(F)(F)F)n3N)n2)cc1. The van der Waals surface area contributed by atoms with Gasteiger partial charge in [0.1, 0.15) is 5.75 Å². The van der Waals surface area contributed by atoms with Crippen LogP contribution in [0.2, 0.25) is 0 Å². The summed E-state index contributed by atoms with van der Waals surface area (Å²) < 4.78 is 43.3. The molecule has 2 aromatic heterocycles. The van der Waals surface area contributed by atoms with Crippen LogP contribution in [0.15, 0.2) is 34.8 Å². The van der Waals surface area contributed by atoms with E-state index in [1.807, 2.05) is 12.1 Å². The number of ether oxygens (including phenoxy) is 1. The van der Waals surface area contributed by atoms with Crippen molar-refractivity contribution in [2.75, 3.05) is 24.0 Å². The van der Waals surface area contributed by atoms with Gasteiger partial charge in [-0.05, 0) is 24.3 Å². The third kappa shape index (κ3) is 4.54. The van der Waals surface area contributed by atoms with E-state index in [9.17, 15) is 18.0 Å². The van der Waals surface area contributed by atoms with Gasteiger partial charge in [0.05, 0.1) is 18.6 Å². The lowest BCUT2D eigenvalue weighted by molar-refractivity contribution is -0.146. The number of hydrogen-bond acceptors (Lipinski definition) is 8. The number of hydrogen-bond donors (Lipinski definition) is 2. The smallest absolute Gasteiger partial charge is 0.453 e. The molecule has 0 fully saturated rings. The van der Waals surface area contributed by atoms with Crippen molar-refractivity contribution in [1.29, 1.82) is 0 Å². The van der Waals surface area contributed by atoms with Gasteiger partial charge < -0.3 is 15.9 Å². The van der Waals surface area contributed by atoms with Gasteiger partial charge in [-0.1, -0.05) is 11.8 Å². The van der Waals surface area contributed by atoms with Crippen molar-refractivity contribution in [3.63, 3.8) is 0 Å². The summed E-state index contributed by atoms with van der Waals surface area (Å²) in [4.78, 5) is 16.3. The number of carbonyl (C=O) groups is 1. The van der Waals surface area contributed by atoms with E-state index in [1.165, 1.54) is 11.3 Å². The standard InChI is InChI=1S/C15H13F3N6O2S2/c1-26-9-4-2-8(3-5-9)10-6-27-13(20-10)21-11(25)7-28-14-23-22-12(24(14)19)15(16,17)18/h2-6H,7,19H2,1H3,(H,20,21,25). The van der Waals surface area contributed by atoms with Crippen molar-refractivity contribution in [3.05, 3.63) is 35.5 Å². The number of rotatable bonds is 6. The number of nitrogens with one attached hydrogen (secondary N) is 1. The summed E-state index contributed by atoms with van der Waals surface area (Å²) in [5.74, 6) is 4.03. The Morgan fingerprint density at radius 3 is 2.64 bits per heavy atom. The lowest BCUT2D eigenvalue weighted by atomic mass is 10.2. The third-order valence-corrected chi connectivity index (χ3v) is 5.09. The van der Waals surface area contributed by atoms with E-state index >= 15 is 0 Å². The first-order valence-electron chi connectivity index (χ1n) is 7.58. The van der Waals surface area contributed by atoms with Gasteiger partial charge in [-0.25, -0.2) is 9.66 Å². The Morgan fingerprint density at radius 2 is 2.04 bits per heavy atom. The number of nitrogens with two attached hydrogens (primary N) is 1. The van der Waals surface area contributed by atoms with Gasteiger partial charge in [-0.3, -0.25) is 4.79 Å². The lowest BCUT2D eigenvalue weighted by Gasteiger charge is -2.05. The number of nitrogens with zero attached hydrogens (tertiary/aromatic N) is 4. The number of thioether (sulfide) groups is 1. The van der Waals surface area contributed by atoms with Crippen LogP contribution < -0.4 is 15.9 Å². The van der Waals surface area contributed by atoms with Gasteiger partial charge >= 0.3 is 6.18 Å². The molecule has 3 rings (SSSR count). The number of halogens is 3. The van der Waals surface area contributed by atoms with E-state index < -0.39 is 17.9 Å². The minimum Gasteiger partial charge on any atom is -0.497 e. The first-order valence-corrected chi connectivity index (χ1v) is 9.44. The summed E-state index contributed by atoms with van der Waals surface area (Å²) in [5.41, 5.74) is 1.52. The maximum Gasteiger partial charge on any atom is 0.453 e. The first-order chi connectivity index (χ1) is 13.3. The van der Waals surface area contributed by atoms with Gasteiger partial charge in [-0.2, -0.15) is 13.2 Å². The molecular weight excluding hydrogens is 417 g/mol. The van der Waals surface area contributed by atoms with Crippen molar-refractivity contribution in [2.45, 2.75) is 11.3 Å². The molecule has 0 atom stereocenters. The lowest BCUT2D eigenvalue weighted by Crippen LogP contribution is -2.22. The van der Waals surface area contributed by atoms with E-state index in [1.54, 1.807) is 24.6 Å². The Balaban J connectivity index is 1.58. The van der Waals surface area contributed by atoms with Crippen LogP contribution in [0.25, 0.3) is 11.3 Å². The van der Waals surface area contributed by atoms with E-state index in [-0.39, 0.29) is 10.9 Å². The van der Waals surface area contributed by atoms with Gasteiger partial charge in [0.2, 0.25) is 11.1 Å². The highest BCUT2D eigenvalue weighted by Crippen LogP contribution is 2.29.